The van der Waals surface area contributed by atoms with E-state index in [1.165, 1.54) is 25.1 Å². The van der Waals surface area contributed by atoms with Crippen LogP contribution in [0.1, 0.15) is 18.4 Å². The Morgan fingerprint density at radius 1 is 1.33 bits per heavy atom. The number of halogens is 3. The van der Waals surface area contributed by atoms with Crippen LogP contribution in [0.25, 0.3) is 0 Å². The van der Waals surface area contributed by atoms with Gasteiger partial charge in [0.05, 0.1) is 13.0 Å². The predicted molar refractivity (Wildman–Crippen MR) is 74.3 cm³/mol. The van der Waals surface area contributed by atoms with Gasteiger partial charge in [-0.3, -0.25) is 0 Å². The Morgan fingerprint density at radius 2 is 2.05 bits per heavy atom. The first-order chi connectivity index (χ1) is 9.99. The monoisotopic (exact) mass is 316 g/mol. The third-order valence-corrected chi connectivity index (χ3v) is 3.61. The lowest BCUT2D eigenvalue weighted by molar-refractivity contribution is 0.267. The molecule has 1 heterocycles. The first-order valence-corrected chi connectivity index (χ1v) is 7.07. The Hall–Kier alpha value is -1.70. The van der Waals surface area contributed by atoms with Crippen LogP contribution in [0.15, 0.2) is 34.6 Å². The van der Waals surface area contributed by atoms with Gasteiger partial charge in [0.15, 0.2) is 16.8 Å². The minimum Gasteiger partial charge on any atom is -0.498 e. The number of nitrogens with zero attached hydrogens (tertiary/aromatic N) is 2. The Kier molecular flexibility index (Phi) is 4.76. The van der Waals surface area contributed by atoms with E-state index in [4.69, 9.17) is 10.5 Å². The molecule has 0 saturated heterocycles. The molecule has 2 rings (SSSR count). The molecule has 1 atom stereocenters. The number of ether oxygens (including phenoxy) is 1. The maximum absolute atomic E-state index is 13.9. The molecule has 1 aliphatic carbocycles. The van der Waals surface area contributed by atoms with Crippen molar-refractivity contribution in [2.75, 3.05) is 18.6 Å². The zero-order valence-electron chi connectivity index (χ0n) is 11.4. The standard InChI is InChI=1S/C13H13F3N3OS/c1-3-21-13-18-5-7(12(17)19-13)6-4-8(20-2)10(15)11(16)9(6)14/h4-6H,3H2,1-2H3,(H2,17,18,19). The maximum Gasteiger partial charge on any atom is 0.199 e. The van der Waals surface area contributed by atoms with E-state index in [0.29, 0.717) is 5.16 Å². The molecule has 0 bridgehead atoms. The van der Waals surface area contributed by atoms with Crippen LogP contribution in [-0.2, 0) is 4.74 Å². The van der Waals surface area contributed by atoms with Crippen molar-refractivity contribution >= 4 is 17.6 Å². The van der Waals surface area contributed by atoms with Crippen LogP contribution in [0.3, 0.4) is 0 Å². The lowest BCUT2D eigenvalue weighted by atomic mass is 9.90. The summed E-state index contributed by atoms with van der Waals surface area (Å²) < 4.78 is 45.6. The van der Waals surface area contributed by atoms with Gasteiger partial charge in [-0.2, -0.15) is 4.39 Å². The highest BCUT2D eigenvalue weighted by Crippen LogP contribution is 2.43. The zero-order valence-corrected chi connectivity index (χ0v) is 12.2. The number of hydrogen-bond acceptors (Lipinski definition) is 5. The van der Waals surface area contributed by atoms with Crippen molar-refractivity contribution in [3.05, 3.63) is 41.4 Å². The smallest absolute Gasteiger partial charge is 0.199 e. The summed E-state index contributed by atoms with van der Waals surface area (Å²) in [6.07, 6.45) is 2.42. The second-order valence-electron chi connectivity index (χ2n) is 4.11. The van der Waals surface area contributed by atoms with E-state index < -0.39 is 23.4 Å². The normalized spacial score (nSPS) is 19.2. The number of aromatic nitrogens is 2. The SMILES string of the molecule is CCSc1ncc(C2[CH]C(OC)=C(F)C(F)=C2F)c(N)n1. The lowest BCUT2D eigenvalue weighted by Crippen LogP contribution is -2.14. The molecule has 0 aliphatic heterocycles. The molecular formula is C13H13F3N3OS. The van der Waals surface area contributed by atoms with Crippen LogP contribution in [0.5, 0.6) is 0 Å². The molecule has 0 aromatic carbocycles. The van der Waals surface area contributed by atoms with E-state index in [1.807, 2.05) is 6.92 Å². The number of allylic oxidation sites excluding steroid dienone is 4. The summed E-state index contributed by atoms with van der Waals surface area (Å²) in [5, 5.41) is 0.438. The molecule has 2 N–H and O–H groups in total. The molecule has 1 unspecified atom stereocenters. The van der Waals surface area contributed by atoms with Gasteiger partial charge in [-0.05, 0) is 5.75 Å². The van der Waals surface area contributed by atoms with Crippen molar-refractivity contribution in [2.24, 2.45) is 0 Å². The second-order valence-corrected chi connectivity index (χ2v) is 5.35. The van der Waals surface area contributed by atoms with Gasteiger partial charge in [0.25, 0.3) is 0 Å². The highest BCUT2D eigenvalue weighted by atomic mass is 32.2. The fraction of sp³-hybridized carbons (Fsp3) is 0.308. The average Bonchev–Trinajstić information content (AvgIpc) is 2.47. The molecule has 4 nitrogen and oxygen atoms in total. The van der Waals surface area contributed by atoms with Crippen LogP contribution < -0.4 is 5.73 Å². The van der Waals surface area contributed by atoms with Crippen molar-refractivity contribution < 1.29 is 17.9 Å². The highest BCUT2D eigenvalue weighted by molar-refractivity contribution is 7.99. The first kappa shape index (κ1) is 15.7. The number of nitrogen functional groups attached to an aromatic ring is 1. The Balaban J connectivity index is 2.39. The molecule has 8 heteroatoms. The summed E-state index contributed by atoms with van der Waals surface area (Å²) in [6.45, 7) is 1.92. The van der Waals surface area contributed by atoms with E-state index in [2.05, 4.69) is 9.97 Å². The summed E-state index contributed by atoms with van der Waals surface area (Å²) in [7, 11) is 1.17. The highest BCUT2D eigenvalue weighted by Gasteiger charge is 2.34. The van der Waals surface area contributed by atoms with Gasteiger partial charge in [-0.1, -0.05) is 18.7 Å². The molecule has 0 spiro atoms. The third kappa shape index (κ3) is 2.99. The number of thioether (sulfide) groups is 1. The molecule has 21 heavy (non-hydrogen) atoms. The maximum atomic E-state index is 13.9. The molecule has 1 aromatic heterocycles. The fourth-order valence-corrected chi connectivity index (χ4v) is 2.41. The molecular weight excluding hydrogens is 303 g/mol. The molecule has 113 valence electrons. The number of anilines is 1. The van der Waals surface area contributed by atoms with Gasteiger partial charge in [0.2, 0.25) is 0 Å². The largest absolute Gasteiger partial charge is 0.498 e. The summed E-state index contributed by atoms with van der Waals surface area (Å²) in [5.41, 5.74) is 5.92. The van der Waals surface area contributed by atoms with Gasteiger partial charge < -0.3 is 10.5 Å². The molecule has 0 fully saturated rings. The van der Waals surface area contributed by atoms with Crippen molar-refractivity contribution in [3.63, 3.8) is 0 Å². The van der Waals surface area contributed by atoms with E-state index in [-0.39, 0.29) is 17.1 Å². The van der Waals surface area contributed by atoms with E-state index >= 15 is 0 Å². The average molecular weight is 316 g/mol. The van der Waals surface area contributed by atoms with Crippen molar-refractivity contribution in [1.29, 1.82) is 0 Å². The molecule has 1 aromatic rings. The minimum atomic E-state index is -1.59. The molecule has 1 radical (unpaired) electrons. The summed E-state index contributed by atoms with van der Waals surface area (Å²) in [6, 6.07) is 0. The van der Waals surface area contributed by atoms with Crippen LogP contribution in [0.4, 0.5) is 19.0 Å². The molecule has 1 aliphatic rings. The second kappa shape index (κ2) is 6.38. The first-order valence-electron chi connectivity index (χ1n) is 6.08. The van der Waals surface area contributed by atoms with Crippen molar-refractivity contribution in [3.8, 4) is 0 Å². The third-order valence-electron chi connectivity index (χ3n) is 2.86. The van der Waals surface area contributed by atoms with Crippen LogP contribution >= 0.6 is 11.8 Å². The van der Waals surface area contributed by atoms with Gasteiger partial charge in [-0.15, -0.1) is 0 Å². The number of nitrogens with two attached hydrogens (primary N) is 1. The topological polar surface area (TPSA) is 61.0 Å². The van der Waals surface area contributed by atoms with Gasteiger partial charge in [0, 0.05) is 18.2 Å². The van der Waals surface area contributed by atoms with E-state index in [9.17, 15) is 13.2 Å². The Bertz CT molecular complexity index is 619. The summed E-state index contributed by atoms with van der Waals surface area (Å²) >= 11 is 1.37. The summed E-state index contributed by atoms with van der Waals surface area (Å²) in [4.78, 5) is 8.04. The lowest BCUT2D eigenvalue weighted by Gasteiger charge is -2.22. The fourth-order valence-electron chi connectivity index (χ4n) is 1.86. The molecule has 0 amide bonds. The summed E-state index contributed by atoms with van der Waals surface area (Å²) in [5.74, 6) is -5.07. The Morgan fingerprint density at radius 3 is 2.62 bits per heavy atom. The van der Waals surface area contributed by atoms with Gasteiger partial charge >= 0.3 is 0 Å². The van der Waals surface area contributed by atoms with Crippen LogP contribution in [-0.4, -0.2) is 22.8 Å². The van der Waals surface area contributed by atoms with Crippen LogP contribution in [0.2, 0.25) is 0 Å². The molecule has 0 saturated carbocycles. The van der Waals surface area contributed by atoms with Gasteiger partial charge in [0.1, 0.15) is 17.4 Å². The number of hydrogen-bond donors (Lipinski definition) is 1. The quantitative estimate of drug-likeness (QED) is 0.681. The number of rotatable bonds is 4. The van der Waals surface area contributed by atoms with Crippen molar-refractivity contribution in [2.45, 2.75) is 18.0 Å². The van der Waals surface area contributed by atoms with Crippen LogP contribution in [0, 0.1) is 6.42 Å². The zero-order chi connectivity index (χ0) is 15.6. The van der Waals surface area contributed by atoms with Gasteiger partial charge in [-0.25, -0.2) is 18.7 Å². The Labute approximate surface area is 124 Å². The minimum absolute atomic E-state index is 0.0166. The number of methoxy groups -OCH3 is 1. The van der Waals surface area contributed by atoms with Crippen molar-refractivity contribution in [1.82, 2.24) is 9.97 Å². The van der Waals surface area contributed by atoms with E-state index in [0.717, 1.165) is 12.2 Å². The predicted octanol–water partition coefficient (Wildman–Crippen LogP) is 3.45. The van der Waals surface area contributed by atoms with E-state index in [1.54, 1.807) is 0 Å².